The first kappa shape index (κ1) is 20.8. The fraction of sp³-hybridized carbons (Fsp3) is 0.524. The summed E-state index contributed by atoms with van der Waals surface area (Å²) in [5.41, 5.74) is 0.887. The number of aromatic nitrogens is 1. The predicted octanol–water partition coefficient (Wildman–Crippen LogP) is 5.44. The molecule has 1 N–H and O–H groups in total. The molecule has 1 fully saturated rings. The van der Waals surface area contributed by atoms with Crippen molar-refractivity contribution in [2.24, 2.45) is 0 Å². The third-order valence-corrected chi connectivity index (χ3v) is 5.90. The minimum absolute atomic E-state index is 0.0822. The quantitative estimate of drug-likeness (QED) is 0.625. The number of fused-ring (bicyclic) bond motifs is 1. The van der Waals surface area contributed by atoms with Gasteiger partial charge in [-0.2, -0.15) is 0 Å². The second-order valence-corrected chi connectivity index (χ2v) is 9.07. The Kier molecular flexibility index (Phi) is 5.84. The molecular formula is C21H25BrFNO4. The molecule has 5 nitrogen and oxygen atoms in total. The average molecular weight is 454 g/mol. The summed E-state index contributed by atoms with van der Waals surface area (Å²) in [5.74, 6) is -1.76. The van der Waals surface area contributed by atoms with Gasteiger partial charge in [0.05, 0.1) is 15.7 Å². The van der Waals surface area contributed by atoms with E-state index in [1.165, 1.54) is 12.1 Å². The minimum atomic E-state index is -1.05. The molecule has 0 radical (unpaired) electrons. The number of rotatable bonds is 4. The monoisotopic (exact) mass is 453 g/mol. The van der Waals surface area contributed by atoms with Crippen molar-refractivity contribution in [1.82, 2.24) is 4.57 Å². The van der Waals surface area contributed by atoms with Gasteiger partial charge in [0.2, 0.25) is 0 Å². The van der Waals surface area contributed by atoms with Crippen LogP contribution in [0, 0.1) is 0 Å². The number of nitrogens with zero attached hydrogens (tertiary/aromatic N) is 1. The van der Waals surface area contributed by atoms with E-state index in [-0.39, 0.29) is 18.0 Å². The minimum Gasteiger partial charge on any atom is -0.478 e. The number of carboxylic acids is 1. The van der Waals surface area contributed by atoms with Crippen molar-refractivity contribution in [1.29, 1.82) is 0 Å². The van der Waals surface area contributed by atoms with Crippen LogP contribution in [0.5, 0.6) is 0 Å². The van der Waals surface area contributed by atoms with E-state index in [0.29, 0.717) is 16.5 Å². The van der Waals surface area contributed by atoms with Crippen LogP contribution < -0.4 is 0 Å². The van der Waals surface area contributed by atoms with Crippen LogP contribution >= 0.6 is 15.9 Å². The summed E-state index contributed by atoms with van der Waals surface area (Å²) in [4.78, 5) is 23.9. The van der Waals surface area contributed by atoms with E-state index in [2.05, 4.69) is 15.9 Å². The molecule has 2 atom stereocenters. The van der Waals surface area contributed by atoms with Crippen molar-refractivity contribution in [3.63, 3.8) is 0 Å². The van der Waals surface area contributed by atoms with Gasteiger partial charge in [-0.25, -0.2) is 9.18 Å². The van der Waals surface area contributed by atoms with Crippen molar-refractivity contribution in [3.8, 4) is 0 Å². The van der Waals surface area contributed by atoms with E-state index >= 15 is 0 Å². The van der Waals surface area contributed by atoms with Crippen LogP contribution in [-0.4, -0.2) is 33.4 Å². The number of carboxylic acid groups (broad SMARTS) is 1. The second-order valence-electron chi connectivity index (χ2n) is 8.32. The Labute approximate surface area is 172 Å². The zero-order chi connectivity index (χ0) is 20.6. The summed E-state index contributed by atoms with van der Waals surface area (Å²) >= 11 is 3.57. The van der Waals surface area contributed by atoms with Crippen LogP contribution in [0.1, 0.15) is 68.3 Å². The Bertz CT molecular complexity index is 915. The molecule has 1 heterocycles. The molecule has 0 spiro atoms. The third-order valence-electron chi connectivity index (χ3n) is 5.04. The van der Waals surface area contributed by atoms with E-state index < -0.39 is 23.7 Å². The van der Waals surface area contributed by atoms with E-state index in [4.69, 9.17) is 4.74 Å². The maximum absolute atomic E-state index is 14.7. The van der Waals surface area contributed by atoms with Gasteiger partial charge in [-0.3, -0.25) is 4.79 Å². The fourth-order valence-corrected chi connectivity index (χ4v) is 4.72. The smallest absolute Gasteiger partial charge is 0.335 e. The Morgan fingerprint density at radius 3 is 2.57 bits per heavy atom. The van der Waals surface area contributed by atoms with Crippen LogP contribution in [0.25, 0.3) is 10.9 Å². The van der Waals surface area contributed by atoms with Crippen LogP contribution in [-0.2, 0) is 16.1 Å². The SMILES string of the molecule is CC(C)(C)OC(=O)Cn1c(Br)c([C@@H]2CCCC[C@H]2F)c2ccc(C(=O)O)cc21. The number of hydrogen-bond donors (Lipinski definition) is 1. The number of hydrogen-bond acceptors (Lipinski definition) is 3. The lowest BCUT2D eigenvalue weighted by Gasteiger charge is -2.26. The Balaban J connectivity index is 2.12. The molecule has 0 amide bonds. The molecule has 1 aliphatic rings. The lowest BCUT2D eigenvalue weighted by molar-refractivity contribution is -0.155. The maximum atomic E-state index is 14.7. The average Bonchev–Trinajstić information content (AvgIpc) is 2.85. The number of halogens is 2. The summed E-state index contributed by atoms with van der Waals surface area (Å²) in [7, 11) is 0. The van der Waals surface area contributed by atoms with Crippen LogP contribution in [0.3, 0.4) is 0 Å². The van der Waals surface area contributed by atoms with Gasteiger partial charge < -0.3 is 14.4 Å². The van der Waals surface area contributed by atoms with E-state index in [0.717, 1.165) is 30.2 Å². The maximum Gasteiger partial charge on any atom is 0.335 e. The zero-order valence-electron chi connectivity index (χ0n) is 16.3. The van der Waals surface area contributed by atoms with Gasteiger partial charge in [0.1, 0.15) is 18.3 Å². The summed E-state index contributed by atoms with van der Waals surface area (Å²) < 4.78 is 22.5. The van der Waals surface area contributed by atoms with Crippen molar-refractivity contribution >= 4 is 38.8 Å². The fourth-order valence-electron chi connectivity index (χ4n) is 3.90. The van der Waals surface area contributed by atoms with Gasteiger partial charge in [-0.1, -0.05) is 18.9 Å². The number of ether oxygens (including phenoxy) is 1. The Morgan fingerprint density at radius 2 is 1.96 bits per heavy atom. The molecule has 1 saturated carbocycles. The van der Waals surface area contributed by atoms with Gasteiger partial charge in [0.25, 0.3) is 0 Å². The molecule has 1 aromatic carbocycles. The van der Waals surface area contributed by atoms with Crippen molar-refractivity contribution in [3.05, 3.63) is 33.9 Å². The van der Waals surface area contributed by atoms with Gasteiger partial charge >= 0.3 is 11.9 Å². The summed E-state index contributed by atoms with van der Waals surface area (Å²) in [6, 6.07) is 4.77. The number of carbonyl (C=O) groups is 2. The first-order valence-electron chi connectivity index (χ1n) is 9.49. The van der Waals surface area contributed by atoms with Crippen molar-refractivity contribution in [2.45, 2.75) is 70.7 Å². The highest BCUT2D eigenvalue weighted by Crippen LogP contribution is 2.43. The number of benzene rings is 1. The van der Waals surface area contributed by atoms with Gasteiger partial charge in [0.15, 0.2) is 0 Å². The van der Waals surface area contributed by atoms with Crippen LogP contribution in [0.15, 0.2) is 22.8 Å². The summed E-state index contributed by atoms with van der Waals surface area (Å²) in [6.07, 6.45) is 2.11. The largest absolute Gasteiger partial charge is 0.478 e. The molecule has 0 bridgehead atoms. The highest BCUT2D eigenvalue weighted by Gasteiger charge is 2.32. The molecular weight excluding hydrogens is 429 g/mol. The van der Waals surface area contributed by atoms with Gasteiger partial charge in [-0.15, -0.1) is 0 Å². The normalized spacial score (nSPS) is 20.3. The van der Waals surface area contributed by atoms with E-state index in [1.807, 2.05) is 0 Å². The van der Waals surface area contributed by atoms with E-state index in [9.17, 15) is 19.1 Å². The number of aromatic carboxylic acids is 1. The molecule has 0 aliphatic heterocycles. The number of esters is 1. The molecule has 0 unspecified atom stereocenters. The second kappa shape index (κ2) is 7.85. The number of alkyl halides is 1. The molecule has 0 saturated heterocycles. The molecule has 1 aliphatic carbocycles. The molecule has 28 heavy (non-hydrogen) atoms. The highest BCUT2D eigenvalue weighted by molar-refractivity contribution is 9.10. The standard InChI is InChI=1S/C21H25BrFNO4/c1-21(2,3)28-17(25)11-24-16-10-12(20(26)27)8-9-14(16)18(19(24)22)13-6-4-5-7-15(13)23/h8-10,13,15H,4-7,11H2,1-3H3,(H,26,27)/t13-,15-/m1/s1. The predicted molar refractivity (Wildman–Crippen MR) is 109 cm³/mol. The van der Waals surface area contributed by atoms with Crippen LogP contribution in [0.2, 0.25) is 0 Å². The molecule has 152 valence electrons. The van der Waals surface area contributed by atoms with Crippen molar-refractivity contribution in [2.75, 3.05) is 0 Å². The first-order valence-corrected chi connectivity index (χ1v) is 10.3. The highest BCUT2D eigenvalue weighted by atomic mass is 79.9. The molecule has 2 aromatic rings. The Hall–Kier alpha value is -1.89. The van der Waals surface area contributed by atoms with Crippen molar-refractivity contribution < 1.29 is 23.8 Å². The molecule has 3 rings (SSSR count). The van der Waals surface area contributed by atoms with E-state index in [1.54, 1.807) is 31.4 Å². The lowest BCUT2D eigenvalue weighted by atomic mass is 9.82. The third kappa shape index (κ3) is 4.24. The van der Waals surface area contributed by atoms with Gasteiger partial charge in [-0.05, 0) is 67.2 Å². The molecule has 7 heteroatoms. The zero-order valence-corrected chi connectivity index (χ0v) is 17.9. The summed E-state index contributed by atoms with van der Waals surface area (Å²) in [5, 5.41) is 10.1. The Morgan fingerprint density at radius 1 is 1.29 bits per heavy atom. The van der Waals surface area contributed by atoms with Gasteiger partial charge in [0, 0.05) is 11.3 Å². The molecule has 1 aromatic heterocycles. The first-order chi connectivity index (χ1) is 13.1. The number of carbonyl (C=O) groups excluding carboxylic acids is 1. The summed E-state index contributed by atoms with van der Waals surface area (Å²) in [6.45, 7) is 5.29. The lowest BCUT2D eigenvalue weighted by Crippen LogP contribution is -2.26. The topological polar surface area (TPSA) is 68.5 Å². The van der Waals surface area contributed by atoms with Crippen LogP contribution in [0.4, 0.5) is 4.39 Å².